The van der Waals surface area contributed by atoms with Crippen molar-refractivity contribution in [3.8, 4) is 0 Å². The first kappa shape index (κ1) is 14.5. The maximum Gasteiger partial charge on any atom is -1.00 e. The van der Waals surface area contributed by atoms with E-state index in [-0.39, 0.29) is 24.8 Å². The number of rotatable bonds is 0. The summed E-state index contributed by atoms with van der Waals surface area (Å²) in [5.41, 5.74) is 3.01. The van der Waals surface area contributed by atoms with Crippen molar-refractivity contribution in [1.82, 2.24) is 0 Å². The monoisotopic (exact) mass is 267 g/mol. The van der Waals surface area contributed by atoms with Gasteiger partial charge in [-0.2, -0.15) is 0 Å². The van der Waals surface area contributed by atoms with E-state index >= 15 is 0 Å². The van der Waals surface area contributed by atoms with Gasteiger partial charge in [-0.15, -0.1) is 0 Å². The van der Waals surface area contributed by atoms with Crippen molar-refractivity contribution >= 4 is 0 Å². The van der Waals surface area contributed by atoms with E-state index in [0.29, 0.717) is 0 Å². The van der Waals surface area contributed by atoms with Crippen molar-refractivity contribution in [3.63, 3.8) is 0 Å². The summed E-state index contributed by atoms with van der Waals surface area (Å²) in [6, 6.07) is 0. The zero-order valence-corrected chi connectivity index (χ0v) is 10.9. The van der Waals surface area contributed by atoms with E-state index in [9.17, 15) is 0 Å². The van der Waals surface area contributed by atoms with E-state index < -0.39 is 0 Å². The van der Waals surface area contributed by atoms with Crippen LogP contribution in [0.15, 0.2) is 20.5 Å². The van der Waals surface area contributed by atoms with E-state index in [0.717, 1.165) is 5.92 Å². The molecule has 1 unspecified atom stereocenters. The van der Waals surface area contributed by atoms with Crippen molar-refractivity contribution < 1.29 is 49.5 Å². The van der Waals surface area contributed by atoms with Crippen LogP contribution in [0.25, 0.3) is 0 Å². The molecule has 61 valence electrons. The van der Waals surface area contributed by atoms with Crippen LogP contribution in [0.3, 0.4) is 0 Å². The summed E-state index contributed by atoms with van der Waals surface area (Å²) in [7, 11) is 0. The molecular formula is C8H11Cl2Zr. The van der Waals surface area contributed by atoms with Crippen molar-refractivity contribution in [2.75, 3.05) is 0 Å². The van der Waals surface area contributed by atoms with E-state index in [4.69, 9.17) is 0 Å². The molecule has 0 bridgehead atoms. The number of halogens is 2. The fraction of sp³-hybridized carbons (Fsp3) is 0.500. The molecule has 0 amide bonds. The Labute approximate surface area is 96.2 Å². The Hall–Kier alpha value is 0.943. The molecule has 0 saturated carbocycles. The van der Waals surface area contributed by atoms with Crippen molar-refractivity contribution in [2.45, 2.75) is 20.8 Å². The second kappa shape index (κ2) is 5.57. The van der Waals surface area contributed by atoms with E-state index in [1.165, 1.54) is 11.1 Å². The van der Waals surface area contributed by atoms with Gasteiger partial charge >= 0.3 is 71.9 Å². The Morgan fingerprint density at radius 1 is 1.27 bits per heavy atom. The summed E-state index contributed by atoms with van der Waals surface area (Å²) in [6.45, 7) is 6.69. The molecule has 3 heteroatoms. The van der Waals surface area contributed by atoms with Gasteiger partial charge in [0.15, 0.2) is 0 Å². The van der Waals surface area contributed by atoms with Crippen molar-refractivity contribution in [3.05, 3.63) is 20.5 Å². The molecule has 11 heavy (non-hydrogen) atoms. The zero-order chi connectivity index (χ0) is 7.02. The topological polar surface area (TPSA) is 0 Å². The molecular weight excluding hydrogens is 258 g/mol. The first-order chi connectivity index (χ1) is 4.13. The van der Waals surface area contributed by atoms with Gasteiger partial charge in [0.25, 0.3) is 0 Å². The molecule has 0 N–H and O–H groups in total. The molecule has 0 aromatic rings. The molecule has 0 saturated heterocycles. The smallest absolute Gasteiger partial charge is 1.00 e. The van der Waals surface area contributed by atoms with Gasteiger partial charge in [0.1, 0.15) is 0 Å². The third-order valence-electron chi connectivity index (χ3n) is 1.95. The molecule has 0 nitrogen and oxygen atoms in total. The van der Waals surface area contributed by atoms with Gasteiger partial charge in [-0.1, -0.05) is 0 Å². The van der Waals surface area contributed by atoms with Crippen LogP contribution in [0.5, 0.6) is 0 Å². The largest absolute Gasteiger partial charge is 1.00 e. The average Bonchev–Trinajstić information content (AvgIpc) is 1.98. The maximum absolute atomic E-state index is 2.35. The second-order valence-electron chi connectivity index (χ2n) is 2.68. The van der Waals surface area contributed by atoms with E-state index in [1.807, 2.05) is 0 Å². The normalized spacial score (nSPS) is 22.3. The second-order valence-corrected chi connectivity index (χ2v) is 4.00. The molecule has 1 atom stereocenters. The molecule has 0 radical (unpaired) electrons. The first-order valence-electron chi connectivity index (χ1n) is 3.24. The molecule has 0 aromatic heterocycles. The van der Waals surface area contributed by atoms with Crippen molar-refractivity contribution in [2.24, 2.45) is 5.92 Å². The van der Waals surface area contributed by atoms with Crippen LogP contribution in [0.4, 0.5) is 0 Å². The molecule has 1 rings (SSSR count). The molecule has 0 aromatic carbocycles. The average molecular weight is 269 g/mol. The molecule has 0 aliphatic heterocycles. The van der Waals surface area contributed by atoms with Gasteiger partial charge in [-0.05, 0) is 0 Å². The van der Waals surface area contributed by atoms with E-state index in [1.54, 1.807) is 28.0 Å². The van der Waals surface area contributed by atoms with Gasteiger partial charge < -0.3 is 24.8 Å². The SMILES string of the molecule is CC1=CC(C)[C]([Zr+2])=C1C.[Cl-].[Cl-]. The summed E-state index contributed by atoms with van der Waals surface area (Å²) in [5, 5.41) is 0. The Balaban J connectivity index is 0. The van der Waals surface area contributed by atoms with Crippen LogP contribution >= 0.6 is 0 Å². The summed E-state index contributed by atoms with van der Waals surface area (Å²) >= 11 is 1.58. The van der Waals surface area contributed by atoms with Crippen LogP contribution in [0.1, 0.15) is 20.8 Å². The van der Waals surface area contributed by atoms with Crippen LogP contribution in [-0.2, 0) is 24.7 Å². The fourth-order valence-electron chi connectivity index (χ4n) is 1.14. The number of hydrogen-bond donors (Lipinski definition) is 0. The van der Waals surface area contributed by atoms with Gasteiger partial charge in [0.2, 0.25) is 0 Å². The Morgan fingerprint density at radius 3 is 1.82 bits per heavy atom. The van der Waals surface area contributed by atoms with Crippen molar-refractivity contribution in [1.29, 1.82) is 0 Å². The summed E-state index contributed by atoms with van der Waals surface area (Å²) in [6.07, 6.45) is 2.35. The van der Waals surface area contributed by atoms with Crippen LogP contribution in [0.2, 0.25) is 0 Å². The molecule has 1 aliphatic rings. The van der Waals surface area contributed by atoms with Crippen LogP contribution in [-0.4, -0.2) is 0 Å². The predicted molar refractivity (Wildman–Crippen MR) is 35.6 cm³/mol. The Kier molecular flexibility index (Phi) is 7.32. The summed E-state index contributed by atoms with van der Waals surface area (Å²) < 4.78 is 1.62. The molecule has 0 spiro atoms. The van der Waals surface area contributed by atoms with E-state index in [2.05, 4.69) is 26.8 Å². The van der Waals surface area contributed by atoms with Gasteiger partial charge in [0.05, 0.1) is 0 Å². The molecule has 1 aliphatic carbocycles. The third-order valence-corrected chi connectivity index (χ3v) is 3.99. The summed E-state index contributed by atoms with van der Waals surface area (Å²) in [4.78, 5) is 0. The van der Waals surface area contributed by atoms with Crippen LogP contribution in [0, 0.1) is 5.92 Å². The summed E-state index contributed by atoms with van der Waals surface area (Å²) in [5.74, 6) is 0.725. The zero-order valence-electron chi connectivity index (χ0n) is 6.91. The fourth-order valence-corrected chi connectivity index (χ4v) is 1.83. The van der Waals surface area contributed by atoms with Gasteiger partial charge in [0, 0.05) is 0 Å². The quantitative estimate of drug-likeness (QED) is 0.426. The minimum Gasteiger partial charge on any atom is -1.00 e. The number of allylic oxidation sites excluding steroid dienone is 4. The number of hydrogen-bond acceptors (Lipinski definition) is 0. The standard InChI is InChI=1S/C8H11.2ClH.Zr/c1-6-4-7(2)8(3)5-6;;;/h4,6H,1-3H3;2*1H;/q;;;+2/p-2. The Bertz CT molecular complexity index is 194. The maximum atomic E-state index is 2.35. The minimum absolute atomic E-state index is 0. The molecule has 0 fully saturated rings. The van der Waals surface area contributed by atoms with Crippen LogP contribution < -0.4 is 24.8 Å². The third kappa shape index (κ3) is 3.05. The Morgan fingerprint density at radius 2 is 1.73 bits per heavy atom. The van der Waals surface area contributed by atoms with Gasteiger partial charge in [-0.25, -0.2) is 0 Å². The first-order valence-corrected chi connectivity index (χ1v) is 4.47. The minimum atomic E-state index is 0. The van der Waals surface area contributed by atoms with Gasteiger partial charge in [-0.3, -0.25) is 0 Å². The predicted octanol–water partition coefficient (Wildman–Crippen LogP) is -3.59. The molecule has 0 heterocycles.